The summed E-state index contributed by atoms with van der Waals surface area (Å²) in [5.41, 5.74) is 2.51. The van der Waals surface area contributed by atoms with Gasteiger partial charge >= 0.3 is 0 Å². The monoisotopic (exact) mass is 236 g/mol. The molecular formula is C15H12N2O. The van der Waals surface area contributed by atoms with E-state index in [0.717, 1.165) is 27.5 Å². The minimum Gasteiger partial charge on any atom is -0.324 e. The second-order valence-electron chi connectivity index (χ2n) is 4.24. The van der Waals surface area contributed by atoms with Crippen molar-refractivity contribution in [3.63, 3.8) is 0 Å². The van der Waals surface area contributed by atoms with Crippen LogP contribution in [0.2, 0.25) is 0 Å². The number of hydrogen-bond acceptors (Lipinski definition) is 2. The third-order valence-electron chi connectivity index (χ3n) is 2.86. The third-order valence-corrected chi connectivity index (χ3v) is 2.86. The second-order valence-corrected chi connectivity index (χ2v) is 4.24. The molecule has 3 heteroatoms. The Hall–Kier alpha value is -2.42. The number of carbonyl (C=O) groups excluding carboxylic acids is 1. The highest BCUT2D eigenvalue weighted by Gasteiger charge is 2.05. The summed E-state index contributed by atoms with van der Waals surface area (Å²) in [5.74, 6) is -0.0857. The van der Waals surface area contributed by atoms with Gasteiger partial charge in [-0.25, -0.2) is 4.98 Å². The first kappa shape index (κ1) is 10.7. The van der Waals surface area contributed by atoms with Gasteiger partial charge in [-0.1, -0.05) is 30.3 Å². The summed E-state index contributed by atoms with van der Waals surface area (Å²) >= 11 is 0. The van der Waals surface area contributed by atoms with Crippen molar-refractivity contribution in [1.29, 1.82) is 0 Å². The number of aromatic nitrogens is 1. The van der Waals surface area contributed by atoms with Gasteiger partial charge < -0.3 is 5.32 Å². The van der Waals surface area contributed by atoms with Crippen molar-refractivity contribution in [1.82, 2.24) is 4.98 Å². The Labute approximate surface area is 104 Å². The molecule has 3 aromatic rings. The van der Waals surface area contributed by atoms with Crippen LogP contribution in [-0.4, -0.2) is 10.9 Å². The van der Waals surface area contributed by atoms with Gasteiger partial charge in [0.25, 0.3) is 0 Å². The summed E-state index contributed by atoms with van der Waals surface area (Å²) in [6.07, 6.45) is 0. The molecular weight excluding hydrogens is 224 g/mol. The van der Waals surface area contributed by atoms with E-state index in [1.807, 2.05) is 42.5 Å². The first-order chi connectivity index (χ1) is 8.74. The Balaban J connectivity index is 2.32. The van der Waals surface area contributed by atoms with Crippen molar-refractivity contribution in [2.24, 2.45) is 0 Å². The maximum absolute atomic E-state index is 11.2. The Morgan fingerprint density at radius 1 is 1.06 bits per heavy atom. The number of fused-ring (bicyclic) bond motifs is 2. The molecule has 0 unspecified atom stereocenters. The van der Waals surface area contributed by atoms with Crippen LogP contribution in [0.5, 0.6) is 0 Å². The number of anilines is 1. The highest BCUT2D eigenvalue weighted by atomic mass is 16.1. The molecule has 0 fully saturated rings. The molecule has 0 aliphatic carbocycles. The lowest BCUT2D eigenvalue weighted by Crippen LogP contribution is -2.06. The molecule has 0 atom stereocenters. The van der Waals surface area contributed by atoms with Gasteiger partial charge in [0.05, 0.1) is 16.7 Å². The predicted molar refractivity (Wildman–Crippen MR) is 73.6 cm³/mol. The van der Waals surface area contributed by atoms with Crippen LogP contribution in [0.25, 0.3) is 21.8 Å². The lowest BCUT2D eigenvalue weighted by molar-refractivity contribution is -0.114. The van der Waals surface area contributed by atoms with Crippen molar-refractivity contribution in [2.45, 2.75) is 6.92 Å². The zero-order valence-electron chi connectivity index (χ0n) is 9.97. The Bertz CT molecular complexity index is 750. The van der Waals surface area contributed by atoms with Crippen LogP contribution in [0, 0.1) is 0 Å². The fourth-order valence-electron chi connectivity index (χ4n) is 2.09. The molecule has 0 aliphatic heterocycles. The summed E-state index contributed by atoms with van der Waals surface area (Å²) in [7, 11) is 0. The molecule has 1 heterocycles. The molecule has 18 heavy (non-hydrogen) atoms. The van der Waals surface area contributed by atoms with E-state index in [1.54, 1.807) is 0 Å². The molecule has 0 radical (unpaired) electrons. The van der Waals surface area contributed by atoms with E-state index in [9.17, 15) is 4.79 Å². The molecule has 1 amide bonds. The van der Waals surface area contributed by atoms with Gasteiger partial charge in [0.2, 0.25) is 5.91 Å². The van der Waals surface area contributed by atoms with Crippen LogP contribution in [0.3, 0.4) is 0 Å². The standard InChI is InChI=1S/C15H12N2O/c1-10(18)16-14-8-4-6-12-9-11-5-2-3-7-13(11)17-15(12)14/h2-9H,1H3,(H,16,18). The Kier molecular flexibility index (Phi) is 2.45. The minimum atomic E-state index is -0.0857. The first-order valence-corrected chi connectivity index (χ1v) is 5.80. The molecule has 3 nitrogen and oxygen atoms in total. The average molecular weight is 236 g/mol. The summed E-state index contributed by atoms with van der Waals surface area (Å²) in [5, 5.41) is 4.94. The predicted octanol–water partition coefficient (Wildman–Crippen LogP) is 3.35. The number of rotatable bonds is 1. The second kappa shape index (κ2) is 4.11. The molecule has 88 valence electrons. The fraction of sp³-hybridized carbons (Fsp3) is 0.0667. The molecule has 2 aromatic carbocycles. The van der Waals surface area contributed by atoms with Crippen molar-refractivity contribution in [3.05, 3.63) is 48.5 Å². The maximum Gasteiger partial charge on any atom is 0.221 e. The zero-order chi connectivity index (χ0) is 12.5. The van der Waals surface area contributed by atoms with Crippen LogP contribution in [0.15, 0.2) is 48.5 Å². The van der Waals surface area contributed by atoms with Crippen LogP contribution < -0.4 is 5.32 Å². The molecule has 1 N–H and O–H groups in total. The number of hydrogen-bond donors (Lipinski definition) is 1. The first-order valence-electron chi connectivity index (χ1n) is 5.80. The summed E-state index contributed by atoms with van der Waals surface area (Å²) < 4.78 is 0. The van der Waals surface area contributed by atoms with Crippen LogP contribution in [0.1, 0.15) is 6.92 Å². The Morgan fingerprint density at radius 3 is 2.67 bits per heavy atom. The fourth-order valence-corrected chi connectivity index (χ4v) is 2.09. The van der Waals surface area contributed by atoms with Crippen molar-refractivity contribution >= 4 is 33.4 Å². The number of nitrogens with zero attached hydrogens (tertiary/aromatic N) is 1. The summed E-state index contributed by atoms with van der Waals surface area (Å²) in [4.78, 5) is 15.8. The van der Waals surface area contributed by atoms with Crippen LogP contribution >= 0.6 is 0 Å². The molecule has 0 bridgehead atoms. The highest BCUT2D eigenvalue weighted by molar-refractivity contribution is 6.03. The number of pyridine rings is 1. The minimum absolute atomic E-state index is 0.0857. The smallest absolute Gasteiger partial charge is 0.221 e. The lowest BCUT2D eigenvalue weighted by atomic mass is 10.1. The van der Waals surface area contributed by atoms with Gasteiger partial charge in [-0.05, 0) is 18.2 Å². The van der Waals surface area contributed by atoms with Crippen molar-refractivity contribution in [3.8, 4) is 0 Å². The third kappa shape index (κ3) is 1.80. The molecule has 0 spiro atoms. The SMILES string of the molecule is CC(=O)Nc1cccc2cc3ccccc3nc12. The molecule has 0 saturated carbocycles. The van der Waals surface area contributed by atoms with E-state index in [4.69, 9.17) is 0 Å². The van der Waals surface area contributed by atoms with E-state index in [0.29, 0.717) is 0 Å². The average Bonchev–Trinajstić information content (AvgIpc) is 2.36. The molecule has 3 rings (SSSR count). The van der Waals surface area contributed by atoms with Gasteiger partial charge in [0.15, 0.2) is 0 Å². The van der Waals surface area contributed by atoms with Crippen LogP contribution in [0.4, 0.5) is 5.69 Å². The molecule has 0 aliphatic rings. The van der Waals surface area contributed by atoms with Gasteiger partial charge in [0, 0.05) is 17.7 Å². The summed E-state index contributed by atoms with van der Waals surface area (Å²) in [6.45, 7) is 1.50. The van der Waals surface area contributed by atoms with Crippen molar-refractivity contribution in [2.75, 3.05) is 5.32 Å². The largest absolute Gasteiger partial charge is 0.324 e. The Morgan fingerprint density at radius 2 is 1.83 bits per heavy atom. The molecule has 1 aromatic heterocycles. The van der Waals surface area contributed by atoms with E-state index in [1.165, 1.54) is 6.92 Å². The topological polar surface area (TPSA) is 42.0 Å². The van der Waals surface area contributed by atoms with Crippen molar-refractivity contribution < 1.29 is 4.79 Å². The normalized spacial score (nSPS) is 10.7. The molecule has 0 saturated heterocycles. The van der Waals surface area contributed by atoms with E-state index in [-0.39, 0.29) is 5.91 Å². The number of para-hydroxylation sites is 2. The van der Waals surface area contributed by atoms with Crippen LogP contribution in [-0.2, 0) is 4.79 Å². The van der Waals surface area contributed by atoms with Gasteiger partial charge in [-0.15, -0.1) is 0 Å². The number of benzene rings is 2. The maximum atomic E-state index is 11.2. The number of carbonyl (C=O) groups is 1. The van der Waals surface area contributed by atoms with Gasteiger partial charge in [0.1, 0.15) is 0 Å². The highest BCUT2D eigenvalue weighted by Crippen LogP contribution is 2.25. The zero-order valence-corrected chi connectivity index (χ0v) is 9.97. The lowest BCUT2D eigenvalue weighted by Gasteiger charge is -2.07. The van der Waals surface area contributed by atoms with E-state index >= 15 is 0 Å². The summed E-state index contributed by atoms with van der Waals surface area (Å²) in [6, 6.07) is 15.8. The number of nitrogens with one attached hydrogen (secondary N) is 1. The van der Waals surface area contributed by atoms with E-state index in [2.05, 4.69) is 16.4 Å². The number of amides is 1. The van der Waals surface area contributed by atoms with Gasteiger partial charge in [-0.3, -0.25) is 4.79 Å². The van der Waals surface area contributed by atoms with E-state index < -0.39 is 0 Å². The quantitative estimate of drug-likeness (QED) is 0.658. The van der Waals surface area contributed by atoms with Gasteiger partial charge in [-0.2, -0.15) is 0 Å².